The van der Waals surface area contributed by atoms with E-state index in [-0.39, 0.29) is 13.2 Å². The van der Waals surface area contributed by atoms with Crippen molar-refractivity contribution in [3.8, 4) is 0 Å². The molecule has 1 heterocycles. The lowest BCUT2D eigenvalue weighted by Crippen LogP contribution is -2.59. The minimum absolute atomic E-state index is 0.226. The molecule has 0 bridgehead atoms. The van der Waals surface area contributed by atoms with Gasteiger partial charge in [0.2, 0.25) is 0 Å². The molecule has 1 saturated heterocycles. The summed E-state index contributed by atoms with van der Waals surface area (Å²) in [5.74, 6) is 0. The van der Waals surface area contributed by atoms with Crippen molar-refractivity contribution in [2.24, 2.45) is 0 Å². The molecule has 0 aromatic rings. The molecular weight excluding hydrogens is 242 g/mol. The Kier molecular flexibility index (Phi) is 6.23. The Morgan fingerprint density at radius 3 is 2.39 bits per heavy atom. The molecule has 0 aliphatic carbocycles. The van der Waals surface area contributed by atoms with Gasteiger partial charge in [-0.25, -0.2) is 15.0 Å². The second-order valence-corrected chi connectivity index (χ2v) is 3.41. The summed E-state index contributed by atoms with van der Waals surface area (Å²) < 4.78 is 14.8. The van der Waals surface area contributed by atoms with Crippen LogP contribution in [0.5, 0.6) is 0 Å². The van der Waals surface area contributed by atoms with E-state index in [1.807, 2.05) is 0 Å². The molecule has 1 rings (SSSR count). The van der Waals surface area contributed by atoms with Crippen molar-refractivity contribution in [1.82, 2.24) is 15.6 Å². The van der Waals surface area contributed by atoms with E-state index >= 15 is 0 Å². The third-order valence-electron chi connectivity index (χ3n) is 2.18. The zero-order chi connectivity index (χ0) is 13.4. The molecule has 0 aromatic carbocycles. The number of morpholine rings is 1. The molecule has 8 heteroatoms. The molecule has 0 saturated carbocycles. The van der Waals surface area contributed by atoms with Crippen LogP contribution in [-0.2, 0) is 14.2 Å². The molecule has 1 N–H and O–H groups in total. The third kappa shape index (κ3) is 4.38. The van der Waals surface area contributed by atoms with Gasteiger partial charge < -0.3 is 14.2 Å². The van der Waals surface area contributed by atoms with E-state index < -0.39 is 12.2 Å². The summed E-state index contributed by atoms with van der Waals surface area (Å²) in [4.78, 5) is 23.1. The van der Waals surface area contributed by atoms with Gasteiger partial charge in [-0.3, -0.25) is 0 Å². The Morgan fingerprint density at radius 1 is 1.22 bits per heavy atom. The highest BCUT2D eigenvalue weighted by atomic mass is 16.6. The number of rotatable bonds is 3. The number of ether oxygens (including phenoxy) is 3. The van der Waals surface area contributed by atoms with Crippen LogP contribution in [0.2, 0.25) is 0 Å². The Morgan fingerprint density at radius 2 is 1.83 bits per heavy atom. The molecule has 2 amide bonds. The summed E-state index contributed by atoms with van der Waals surface area (Å²) in [6.45, 7) is 5.79. The fourth-order valence-corrected chi connectivity index (χ4v) is 1.42. The Bertz CT molecular complexity index is 281. The highest BCUT2D eigenvalue weighted by Crippen LogP contribution is 2.03. The average molecular weight is 261 g/mol. The zero-order valence-corrected chi connectivity index (χ0v) is 10.7. The van der Waals surface area contributed by atoms with Crippen LogP contribution in [0.4, 0.5) is 9.59 Å². The minimum atomic E-state index is -0.697. The number of carbonyl (C=O) groups is 2. The van der Waals surface area contributed by atoms with Crippen molar-refractivity contribution in [2.75, 3.05) is 39.5 Å². The lowest BCUT2D eigenvalue weighted by Gasteiger charge is -2.35. The van der Waals surface area contributed by atoms with Gasteiger partial charge in [0.15, 0.2) is 0 Å². The van der Waals surface area contributed by atoms with Gasteiger partial charge in [-0.1, -0.05) is 0 Å². The van der Waals surface area contributed by atoms with Crippen molar-refractivity contribution in [3.05, 3.63) is 0 Å². The monoisotopic (exact) mass is 261 g/mol. The molecule has 104 valence electrons. The number of amides is 2. The highest BCUT2D eigenvalue weighted by molar-refractivity contribution is 5.73. The molecule has 0 unspecified atom stereocenters. The van der Waals surface area contributed by atoms with Crippen LogP contribution < -0.4 is 5.43 Å². The molecule has 0 atom stereocenters. The first kappa shape index (κ1) is 14.5. The SMILES string of the molecule is CCOC(=O)NN(C(=O)OCC)N1CCOCC1. The molecule has 1 fully saturated rings. The normalized spacial score (nSPS) is 15.9. The van der Waals surface area contributed by atoms with E-state index in [0.717, 1.165) is 5.12 Å². The molecule has 18 heavy (non-hydrogen) atoms. The first-order valence-electron chi connectivity index (χ1n) is 5.92. The van der Waals surface area contributed by atoms with Crippen LogP contribution in [0.3, 0.4) is 0 Å². The quantitative estimate of drug-likeness (QED) is 0.738. The number of nitrogens with zero attached hydrogens (tertiary/aromatic N) is 2. The van der Waals surface area contributed by atoms with Gasteiger partial charge in [-0.2, -0.15) is 5.01 Å². The minimum Gasteiger partial charge on any atom is -0.449 e. The summed E-state index contributed by atoms with van der Waals surface area (Å²) in [7, 11) is 0. The molecular formula is C10H19N3O5. The summed E-state index contributed by atoms with van der Waals surface area (Å²) in [6.07, 6.45) is -1.34. The molecule has 1 aliphatic heterocycles. The predicted octanol–water partition coefficient (Wildman–Crippen LogP) is 0.353. The summed E-state index contributed by atoms with van der Waals surface area (Å²) >= 11 is 0. The Hall–Kier alpha value is -1.54. The smallest absolute Gasteiger partial charge is 0.444 e. The van der Waals surface area contributed by atoms with Crippen LogP contribution in [0.15, 0.2) is 0 Å². The molecule has 0 radical (unpaired) electrons. The summed E-state index contributed by atoms with van der Waals surface area (Å²) in [5.41, 5.74) is 2.34. The molecule has 8 nitrogen and oxygen atoms in total. The van der Waals surface area contributed by atoms with Gasteiger partial charge in [0.05, 0.1) is 26.4 Å². The van der Waals surface area contributed by atoms with Gasteiger partial charge in [0, 0.05) is 13.1 Å². The predicted molar refractivity (Wildman–Crippen MR) is 61.4 cm³/mol. The lowest BCUT2D eigenvalue weighted by atomic mass is 10.5. The Balaban J connectivity index is 2.61. The van der Waals surface area contributed by atoms with Crippen LogP contribution in [0.25, 0.3) is 0 Å². The highest BCUT2D eigenvalue weighted by Gasteiger charge is 2.26. The van der Waals surface area contributed by atoms with Gasteiger partial charge in [-0.05, 0) is 13.8 Å². The number of carbonyl (C=O) groups excluding carboxylic acids is 2. The van der Waals surface area contributed by atoms with Crippen LogP contribution >= 0.6 is 0 Å². The first-order valence-corrected chi connectivity index (χ1v) is 5.92. The van der Waals surface area contributed by atoms with Crippen molar-refractivity contribution < 1.29 is 23.8 Å². The maximum atomic E-state index is 11.7. The lowest BCUT2D eigenvalue weighted by molar-refractivity contribution is -0.100. The van der Waals surface area contributed by atoms with E-state index in [0.29, 0.717) is 26.3 Å². The maximum Gasteiger partial charge on any atom is 0.444 e. The standard InChI is InChI=1S/C10H19N3O5/c1-3-17-9(14)11-13(10(15)18-4-2)12-5-7-16-8-6-12/h3-8H2,1-2H3,(H,11,14). The average Bonchev–Trinajstić information content (AvgIpc) is 2.37. The number of nitrogens with one attached hydrogen (secondary N) is 1. The fraction of sp³-hybridized carbons (Fsp3) is 0.800. The molecule has 0 spiro atoms. The van der Waals surface area contributed by atoms with Gasteiger partial charge in [0.25, 0.3) is 0 Å². The second-order valence-electron chi connectivity index (χ2n) is 3.41. The van der Waals surface area contributed by atoms with Crippen molar-refractivity contribution in [2.45, 2.75) is 13.8 Å². The zero-order valence-electron chi connectivity index (χ0n) is 10.7. The first-order chi connectivity index (χ1) is 8.69. The number of hydrazine groups is 2. The van der Waals surface area contributed by atoms with E-state index in [4.69, 9.17) is 14.2 Å². The van der Waals surface area contributed by atoms with E-state index in [2.05, 4.69) is 5.43 Å². The van der Waals surface area contributed by atoms with Gasteiger partial charge in [-0.15, -0.1) is 5.12 Å². The molecule has 1 aliphatic rings. The number of hydrogen-bond acceptors (Lipinski definition) is 6. The Labute approximate surface area is 106 Å². The van der Waals surface area contributed by atoms with E-state index in [1.165, 1.54) is 0 Å². The summed E-state index contributed by atoms with van der Waals surface area (Å²) in [5, 5.41) is 2.67. The van der Waals surface area contributed by atoms with Crippen molar-refractivity contribution >= 4 is 12.2 Å². The van der Waals surface area contributed by atoms with E-state index in [9.17, 15) is 9.59 Å². The van der Waals surface area contributed by atoms with Crippen LogP contribution in [0, 0.1) is 0 Å². The van der Waals surface area contributed by atoms with Crippen LogP contribution in [-0.4, -0.2) is 61.8 Å². The van der Waals surface area contributed by atoms with E-state index in [1.54, 1.807) is 18.9 Å². The summed E-state index contributed by atoms with van der Waals surface area (Å²) in [6, 6.07) is 0. The fourth-order valence-electron chi connectivity index (χ4n) is 1.42. The maximum absolute atomic E-state index is 11.7. The topological polar surface area (TPSA) is 80.3 Å². The van der Waals surface area contributed by atoms with Crippen molar-refractivity contribution in [1.29, 1.82) is 0 Å². The molecule has 0 aromatic heterocycles. The van der Waals surface area contributed by atoms with Crippen molar-refractivity contribution in [3.63, 3.8) is 0 Å². The third-order valence-corrected chi connectivity index (χ3v) is 2.18. The van der Waals surface area contributed by atoms with Crippen LogP contribution in [0.1, 0.15) is 13.8 Å². The number of hydrogen-bond donors (Lipinski definition) is 1. The van der Waals surface area contributed by atoms with Gasteiger partial charge >= 0.3 is 12.2 Å². The van der Waals surface area contributed by atoms with Gasteiger partial charge in [0.1, 0.15) is 0 Å². The largest absolute Gasteiger partial charge is 0.449 e. The second kappa shape index (κ2) is 7.72.